The van der Waals surface area contributed by atoms with Gasteiger partial charge in [0.25, 0.3) is 0 Å². The van der Waals surface area contributed by atoms with E-state index in [1.165, 1.54) is 0 Å². The van der Waals surface area contributed by atoms with Crippen LogP contribution in [0.2, 0.25) is 0 Å². The fourth-order valence-electron chi connectivity index (χ4n) is 3.58. The van der Waals surface area contributed by atoms with E-state index in [4.69, 9.17) is 18.9 Å². The Hall–Kier alpha value is -0.440. The lowest BCUT2D eigenvalue weighted by molar-refractivity contribution is -0.367. The van der Waals surface area contributed by atoms with Crippen LogP contribution in [0.1, 0.15) is 39.0 Å². The lowest BCUT2D eigenvalue weighted by atomic mass is 9.97. The van der Waals surface area contributed by atoms with Gasteiger partial charge in [-0.15, -0.1) is 0 Å². The van der Waals surface area contributed by atoms with Gasteiger partial charge in [-0.2, -0.15) is 0 Å². The summed E-state index contributed by atoms with van der Waals surface area (Å²) in [4.78, 5) is 0. The summed E-state index contributed by atoms with van der Waals surface area (Å²) < 4.78 is 22.1. The molecular weight excluding hydrogens is 404 g/mol. The Balaban J connectivity index is 2.04. The van der Waals surface area contributed by atoms with Crippen molar-refractivity contribution in [3.8, 4) is 0 Å². The molecule has 178 valence electrons. The number of hydrogen-bond donors (Lipinski definition) is 7. The average molecular weight is 440 g/mol. The molecule has 0 radical (unpaired) electrons. The summed E-state index contributed by atoms with van der Waals surface area (Å²) in [7, 11) is 0. The first-order chi connectivity index (χ1) is 14.3. The first-order valence-corrected chi connectivity index (χ1v) is 10.6. The third kappa shape index (κ3) is 6.30. The molecule has 2 fully saturated rings. The van der Waals surface area contributed by atoms with Crippen molar-refractivity contribution < 1.29 is 54.7 Å². The molecule has 0 spiro atoms. The second-order valence-corrected chi connectivity index (χ2v) is 7.79. The van der Waals surface area contributed by atoms with Crippen molar-refractivity contribution in [2.75, 3.05) is 19.8 Å². The van der Waals surface area contributed by atoms with Crippen molar-refractivity contribution in [1.82, 2.24) is 0 Å². The van der Waals surface area contributed by atoms with Gasteiger partial charge in [0.05, 0.1) is 13.2 Å². The van der Waals surface area contributed by atoms with Crippen LogP contribution < -0.4 is 0 Å². The summed E-state index contributed by atoms with van der Waals surface area (Å²) in [5.74, 6) is 0. The van der Waals surface area contributed by atoms with Crippen LogP contribution in [-0.2, 0) is 18.9 Å². The fraction of sp³-hybridized carbons (Fsp3) is 1.00. The summed E-state index contributed by atoms with van der Waals surface area (Å²) in [6.45, 7) is 1.20. The van der Waals surface area contributed by atoms with Crippen LogP contribution in [0.3, 0.4) is 0 Å². The van der Waals surface area contributed by atoms with Gasteiger partial charge in [0, 0.05) is 6.61 Å². The number of unbranched alkanes of at least 4 members (excludes halogenated alkanes) is 4. The second-order valence-electron chi connectivity index (χ2n) is 7.79. The zero-order valence-corrected chi connectivity index (χ0v) is 17.2. The zero-order chi connectivity index (χ0) is 22.3. The summed E-state index contributed by atoms with van der Waals surface area (Å²) in [5.41, 5.74) is 0. The largest absolute Gasteiger partial charge is 0.394 e. The molecule has 2 rings (SSSR count). The van der Waals surface area contributed by atoms with Crippen molar-refractivity contribution >= 4 is 0 Å². The molecule has 30 heavy (non-hydrogen) atoms. The van der Waals surface area contributed by atoms with Gasteiger partial charge in [-0.1, -0.05) is 32.6 Å². The zero-order valence-electron chi connectivity index (χ0n) is 17.2. The first-order valence-electron chi connectivity index (χ1n) is 10.6. The van der Waals surface area contributed by atoms with E-state index < -0.39 is 74.6 Å². The minimum absolute atomic E-state index is 0.282. The van der Waals surface area contributed by atoms with Gasteiger partial charge in [0.2, 0.25) is 0 Å². The molecule has 2 aliphatic rings. The van der Waals surface area contributed by atoms with E-state index in [1.807, 2.05) is 0 Å². The molecule has 0 saturated carbocycles. The Labute approximate surface area is 175 Å². The van der Waals surface area contributed by atoms with Gasteiger partial charge in [0.15, 0.2) is 12.6 Å². The van der Waals surface area contributed by atoms with E-state index >= 15 is 0 Å². The van der Waals surface area contributed by atoms with Gasteiger partial charge < -0.3 is 54.7 Å². The van der Waals surface area contributed by atoms with Gasteiger partial charge in [-0.25, -0.2) is 0 Å². The molecule has 0 bridgehead atoms. The van der Waals surface area contributed by atoms with Crippen LogP contribution in [0.5, 0.6) is 0 Å². The molecule has 2 aliphatic heterocycles. The maximum atomic E-state index is 10.5. The van der Waals surface area contributed by atoms with E-state index in [9.17, 15) is 35.7 Å². The molecule has 0 aromatic rings. The summed E-state index contributed by atoms with van der Waals surface area (Å²) >= 11 is 0. The molecule has 11 heteroatoms. The SMILES string of the molecule is CCCCCCCOC1O[C@H](CO)[C@@H](O)[C@H](O)[C@H]1OC1O[C@H](CO)[C@@H](O)[C@H](O)[C@H]1O. The molecule has 7 N–H and O–H groups in total. The lowest BCUT2D eigenvalue weighted by Gasteiger charge is -2.45. The smallest absolute Gasteiger partial charge is 0.187 e. The second kappa shape index (κ2) is 12.6. The van der Waals surface area contributed by atoms with Crippen molar-refractivity contribution in [2.24, 2.45) is 0 Å². The highest BCUT2D eigenvalue weighted by Crippen LogP contribution is 2.29. The highest BCUT2D eigenvalue weighted by molar-refractivity contribution is 4.93. The third-order valence-electron chi connectivity index (χ3n) is 5.49. The quantitative estimate of drug-likeness (QED) is 0.170. The van der Waals surface area contributed by atoms with Crippen molar-refractivity contribution in [3.05, 3.63) is 0 Å². The number of aliphatic hydroxyl groups is 7. The van der Waals surface area contributed by atoms with Crippen molar-refractivity contribution in [3.63, 3.8) is 0 Å². The van der Waals surface area contributed by atoms with E-state index in [1.54, 1.807) is 0 Å². The number of ether oxygens (including phenoxy) is 4. The summed E-state index contributed by atoms with van der Waals surface area (Å²) in [5, 5.41) is 69.4. The minimum Gasteiger partial charge on any atom is -0.394 e. The highest BCUT2D eigenvalue weighted by Gasteiger charge is 2.50. The number of rotatable bonds is 11. The molecule has 2 saturated heterocycles. The van der Waals surface area contributed by atoms with E-state index in [0.717, 1.165) is 32.1 Å². The van der Waals surface area contributed by atoms with Crippen LogP contribution in [0.4, 0.5) is 0 Å². The minimum atomic E-state index is -1.68. The molecule has 10 atom stereocenters. The average Bonchev–Trinajstić information content (AvgIpc) is 2.75. The van der Waals surface area contributed by atoms with Crippen LogP contribution in [-0.4, -0.2) is 117 Å². The molecule has 2 heterocycles. The van der Waals surface area contributed by atoms with Crippen LogP contribution in [0, 0.1) is 0 Å². The summed E-state index contributed by atoms with van der Waals surface area (Å²) in [6, 6.07) is 0. The lowest BCUT2D eigenvalue weighted by Crippen LogP contribution is -2.64. The Kier molecular flexibility index (Phi) is 10.8. The topological polar surface area (TPSA) is 179 Å². The van der Waals surface area contributed by atoms with Gasteiger partial charge in [0.1, 0.15) is 48.8 Å². The van der Waals surface area contributed by atoms with E-state index in [0.29, 0.717) is 0 Å². The Morgan fingerprint density at radius 1 is 0.667 bits per heavy atom. The Morgan fingerprint density at radius 2 is 1.23 bits per heavy atom. The van der Waals surface area contributed by atoms with Crippen molar-refractivity contribution in [1.29, 1.82) is 0 Å². The van der Waals surface area contributed by atoms with Crippen LogP contribution >= 0.6 is 0 Å². The predicted octanol–water partition coefficient (Wildman–Crippen LogP) is -2.40. The fourth-order valence-corrected chi connectivity index (χ4v) is 3.58. The number of aliphatic hydroxyl groups excluding tert-OH is 7. The normalized spacial score (nSPS) is 42.4. The monoisotopic (exact) mass is 440 g/mol. The molecule has 0 aliphatic carbocycles. The molecule has 0 aromatic carbocycles. The number of hydrogen-bond acceptors (Lipinski definition) is 11. The van der Waals surface area contributed by atoms with E-state index in [2.05, 4.69) is 6.92 Å². The highest BCUT2D eigenvalue weighted by atomic mass is 16.8. The molecule has 2 unspecified atom stereocenters. The molecule has 11 nitrogen and oxygen atoms in total. The Bertz CT molecular complexity index is 479. The van der Waals surface area contributed by atoms with Crippen LogP contribution in [0.25, 0.3) is 0 Å². The molecule has 0 amide bonds. The standard InChI is InChI=1S/C19H36O11/c1-2-3-4-5-6-7-27-19-17(15(25)13(23)11(9-21)29-19)30-18-16(26)14(24)12(22)10(8-20)28-18/h10-26H,2-9H2,1H3/t10-,11-,12-,13-,14+,15+,16-,17-,18?,19?/m1/s1. The Morgan fingerprint density at radius 3 is 1.83 bits per heavy atom. The maximum absolute atomic E-state index is 10.5. The third-order valence-corrected chi connectivity index (χ3v) is 5.49. The van der Waals surface area contributed by atoms with Crippen molar-refractivity contribution in [2.45, 2.75) is 100 Å². The maximum Gasteiger partial charge on any atom is 0.187 e. The van der Waals surface area contributed by atoms with Gasteiger partial charge >= 0.3 is 0 Å². The molecular formula is C19H36O11. The van der Waals surface area contributed by atoms with Gasteiger partial charge in [-0.3, -0.25) is 0 Å². The predicted molar refractivity (Wildman–Crippen MR) is 101 cm³/mol. The van der Waals surface area contributed by atoms with Gasteiger partial charge in [-0.05, 0) is 6.42 Å². The summed E-state index contributed by atoms with van der Waals surface area (Å²) in [6.07, 6.45) is -9.32. The first kappa shape index (κ1) is 25.8. The van der Waals surface area contributed by atoms with Crippen LogP contribution in [0.15, 0.2) is 0 Å². The van der Waals surface area contributed by atoms with E-state index in [-0.39, 0.29) is 6.61 Å². The molecule has 0 aromatic heterocycles.